The summed E-state index contributed by atoms with van der Waals surface area (Å²) in [4.78, 5) is 10.7. The molecule has 122 valence electrons. The summed E-state index contributed by atoms with van der Waals surface area (Å²) in [6.45, 7) is 4.50. The van der Waals surface area contributed by atoms with E-state index in [2.05, 4.69) is 15.3 Å². The summed E-state index contributed by atoms with van der Waals surface area (Å²) in [6, 6.07) is 3.30. The van der Waals surface area contributed by atoms with E-state index in [1.54, 1.807) is 17.4 Å². The van der Waals surface area contributed by atoms with E-state index >= 15 is 0 Å². The van der Waals surface area contributed by atoms with Crippen molar-refractivity contribution in [1.29, 1.82) is 0 Å². The zero-order chi connectivity index (χ0) is 16.6. The molecular formula is C15H16ClFN4S2. The molecule has 0 spiro atoms. The Morgan fingerprint density at radius 1 is 1.35 bits per heavy atom. The molecule has 23 heavy (non-hydrogen) atoms. The number of hydrogen-bond acceptors (Lipinski definition) is 6. The molecule has 0 saturated heterocycles. The summed E-state index contributed by atoms with van der Waals surface area (Å²) >= 11 is 8.80. The Morgan fingerprint density at radius 3 is 2.78 bits per heavy atom. The molecule has 0 aliphatic carbocycles. The van der Waals surface area contributed by atoms with E-state index < -0.39 is 0 Å². The standard InChI is InChI=1S/C15H16ClFN4S2/c1-7(18)5-10-8(2)12-13(23-10)14(21-15(16)20-12)19-6-9-3-4-11(17)22-9/h3-4,7H,5-6,18H2,1-2H3,(H,19,20,21)/t7-/m0/s1. The van der Waals surface area contributed by atoms with Crippen LogP contribution in [-0.4, -0.2) is 16.0 Å². The summed E-state index contributed by atoms with van der Waals surface area (Å²) in [7, 11) is 0. The van der Waals surface area contributed by atoms with Gasteiger partial charge >= 0.3 is 0 Å². The van der Waals surface area contributed by atoms with Gasteiger partial charge in [-0.2, -0.15) is 9.37 Å². The number of anilines is 1. The number of nitrogens with two attached hydrogens (primary N) is 1. The predicted octanol–water partition coefficient (Wildman–Crippen LogP) is 4.36. The average Bonchev–Trinajstić information content (AvgIpc) is 3.02. The molecule has 0 aliphatic rings. The van der Waals surface area contributed by atoms with E-state index in [9.17, 15) is 4.39 Å². The molecular weight excluding hydrogens is 355 g/mol. The third-order valence-corrected chi connectivity index (χ3v) is 5.76. The molecule has 0 bridgehead atoms. The van der Waals surface area contributed by atoms with Crippen LogP contribution in [0.1, 0.15) is 22.2 Å². The number of fused-ring (bicyclic) bond motifs is 1. The molecule has 4 nitrogen and oxygen atoms in total. The lowest BCUT2D eigenvalue weighted by Gasteiger charge is -2.05. The lowest BCUT2D eigenvalue weighted by atomic mass is 10.1. The van der Waals surface area contributed by atoms with E-state index in [0.717, 1.165) is 38.4 Å². The first kappa shape index (κ1) is 16.6. The zero-order valence-electron chi connectivity index (χ0n) is 12.7. The second-order valence-electron chi connectivity index (χ2n) is 5.41. The van der Waals surface area contributed by atoms with Gasteiger partial charge in [-0.1, -0.05) is 0 Å². The first-order valence-corrected chi connectivity index (χ1v) is 9.14. The Balaban J connectivity index is 1.95. The molecule has 0 aromatic carbocycles. The quantitative estimate of drug-likeness (QED) is 0.655. The largest absolute Gasteiger partial charge is 0.364 e. The van der Waals surface area contributed by atoms with Crippen LogP contribution in [0.15, 0.2) is 12.1 Å². The highest BCUT2D eigenvalue weighted by Crippen LogP contribution is 2.35. The maximum atomic E-state index is 13.1. The van der Waals surface area contributed by atoms with Crippen LogP contribution in [-0.2, 0) is 13.0 Å². The summed E-state index contributed by atoms with van der Waals surface area (Å²) in [6.07, 6.45) is 0.792. The van der Waals surface area contributed by atoms with Gasteiger partial charge in [-0.3, -0.25) is 0 Å². The van der Waals surface area contributed by atoms with Crippen LogP contribution in [0.4, 0.5) is 10.2 Å². The number of aryl methyl sites for hydroxylation is 1. The number of nitrogens with one attached hydrogen (secondary N) is 1. The number of aromatic nitrogens is 2. The number of nitrogens with zero attached hydrogens (tertiary/aromatic N) is 2. The maximum Gasteiger partial charge on any atom is 0.224 e. The molecule has 3 aromatic rings. The highest BCUT2D eigenvalue weighted by Gasteiger charge is 2.16. The maximum absolute atomic E-state index is 13.1. The SMILES string of the molecule is Cc1c(C[C@H](C)N)sc2c(NCc3ccc(F)s3)nc(Cl)nc12. The van der Waals surface area contributed by atoms with Gasteiger partial charge < -0.3 is 11.1 Å². The van der Waals surface area contributed by atoms with E-state index in [1.807, 2.05) is 13.8 Å². The van der Waals surface area contributed by atoms with Gasteiger partial charge in [0.2, 0.25) is 5.28 Å². The summed E-state index contributed by atoms with van der Waals surface area (Å²) < 4.78 is 14.0. The van der Waals surface area contributed by atoms with Gasteiger partial charge in [0.25, 0.3) is 0 Å². The Bertz CT molecular complexity index is 843. The van der Waals surface area contributed by atoms with Gasteiger partial charge in [0.05, 0.1) is 16.8 Å². The fourth-order valence-corrected chi connectivity index (χ4v) is 4.52. The number of rotatable bonds is 5. The zero-order valence-corrected chi connectivity index (χ0v) is 15.1. The van der Waals surface area contributed by atoms with Gasteiger partial charge in [-0.05, 0) is 49.6 Å². The number of halogens is 2. The third-order valence-electron chi connectivity index (χ3n) is 3.40. The van der Waals surface area contributed by atoms with Crippen molar-refractivity contribution in [2.75, 3.05) is 5.32 Å². The Hall–Kier alpha value is -1.28. The van der Waals surface area contributed by atoms with Gasteiger partial charge in [-0.15, -0.1) is 22.7 Å². The Morgan fingerprint density at radius 2 is 2.13 bits per heavy atom. The molecule has 3 rings (SSSR count). The predicted molar refractivity (Wildman–Crippen MR) is 96.1 cm³/mol. The van der Waals surface area contributed by atoms with Gasteiger partial charge in [0, 0.05) is 15.8 Å². The molecule has 3 aromatic heterocycles. The van der Waals surface area contributed by atoms with Crippen molar-refractivity contribution in [2.45, 2.75) is 32.9 Å². The fourth-order valence-electron chi connectivity index (χ4n) is 2.33. The second-order valence-corrected chi connectivity index (χ2v) is 7.97. The molecule has 0 aliphatic heterocycles. The van der Waals surface area contributed by atoms with Crippen molar-refractivity contribution in [3.63, 3.8) is 0 Å². The molecule has 1 atom stereocenters. The molecule has 3 heterocycles. The van der Waals surface area contributed by atoms with Crippen molar-refractivity contribution in [1.82, 2.24) is 9.97 Å². The van der Waals surface area contributed by atoms with Crippen molar-refractivity contribution in [3.05, 3.63) is 37.9 Å². The second kappa shape index (κ2) is 6.68. The van der Waals surface area contributed by atoms with Crippen LogP contribution >= 0.6 is 34.3 Å². The van der Waals surface area contributed by atoms with Crippen LogP contribution in [0.25, 0.3) is 10.2 Å². The average molecular weight is 371 g/mol. The van der Waals surface area contributed by atoms with Gasteiger partial charge in [-0.25, -0.2) is 4.98 Å². The Kier molecular flexibility index (Phi) is 4.82. The summed E-state index contributed by atoms with van der Waals surface area (Å²) in [5.74, 6) is 0.679. The molecule has 8 heteroatoms. The van der Waals surface area contributed by atoms with E-state index in [4.69, 9.17) is 17.3 Å². The molecule has 0 radical (unpaired) electrons. The number of hydrogen-bond donors (Lipinski definition) is 2. The monoisotopic (exact) mass is 370 g/mol. The Labute approximate surface area is 146 Å². The van der Waals surface area contributed by atoms with Gasteiger partial charge in [0.15, 0.2) is 5.13 Å². The topological polar surface area (TPSA) is 63.8 Å². The van der Waals surface area contributed by atoms with Crippen molar-refractivity contribution < 1.29 is 4.39 Å². The smallest absolute Gasteiger partial charge is 0.224 e. The molecule has 3 N–H and O–H groups in total. The van der Waals surface area contributed by atoms with Crippen LogP contribution in [0.5, 0.6) is 0 Å². The highest BCUT2D eigenvalue weighted by atomic mass is 35.5. The normalized spacial score (nSPS) is 12.7. The van der Waals surface area contributed by atoms with Gasteiger partial charge in [0.1, 0.15) is 5.82 Å². The van der Waals surface area contributed by atoms with E-state index in [0.29, 0.717) is 12.4 Å². The molecule has 0 unspecified atom stereocenters. The van der Waals surface area contributed by atoms with Crippen LogP contribution in [0.3, 0.4) is 0 Å². The molecule has 0 fully saturated rings. The lowest BCUT2D eigenvalue weighted by Crippen LogP contribution is -2.17. The van der Waals surface area contributed by atoms with Crippen molar-refractivity contribution in [2.24, 2.45) is 5.73 Å². The number of thiophene rings is 2. The summed E-state index contributed by atoms with van der Waals surface area (Å²) in [5.41, 5.74) is 7.86. The summed E-state index contributed by atoms with van der Waals surface area (Å²) in [5, 5.41) is 3.24. The van der Waals surface area contributed by atoms with Crippen LogP contribution < -0.4 is 11.1 Å². The first-order chi connectivity index (χ1) is 10.9. The van der Waals surface area contributed by atoms with E-state index in [-0.39, 0.29) is 16.5 Å². The van der Waals surface area contributed by atoms with Crippen LogP contribution in [0.2, 0.25) is 5.28 Å². The minimum atomic E-state index is -0.196. The van der Waals surface area contributed by atoms with E-state index in [1.165, 1.54) is 10.9 Å². The molecule has 0 amide bonds. The first-order valence-electron chi connectivity index (χ1n) is 7.13. The minimum absolute atomic E-state index is 0.0793. The lowest BCUT2D eigenvalue weighted by molar-refractivity contribution is 0.657. The van der Waals surface area contributed by atoms with Crippen molar-refractivity contribution in [3.8, 4) is 0 Å². The third kappa shape index (κ3) is 3.63. The highest BCUT2D eigenvalue weighted by molar-refractivity contribution is 7.19. The minimum Gasteiger partial charge on any atom is -0.364 e. The van der Waals surface area contributed by atoms with Crippen LogP contribution in [0, 0.1) is 12.1 Å². The van der Waals surface area contributed by atoms with Crippen molar-refractivity contribution >= 4 is 50.3 Å². The fraction of sp³-hybridized carbons (Fsp3) is 0.333. The molecule has 0 saturated carbocycles.